The van der Waals surface area contributed by atoms with Gasteiger partial charge in [0.15, 0.2) is 5.58 Å². The Morgan fingerprint density at radius 2 is 0.672 bits per heavy atom. The zero-order valence-electron chi connectivity index (χ0n) is 31.5. The molecular formula is C54H36N2O2. The van der Waals surface area contributed by atoms with Crippen LogP contribution in [0.4, 0.5) is 34.1 Å². The summed E-state index contributed by atoms with van der Waals surface area (Å²) >= 11 is 0. The molecular weight excluding hydrogens is 709 g/mol. The molecule has 2 aromatic heterocycles. The zero-order valence-corrected chi connectivity index (χ0v) is 31.5. The van der Waals surface area contributed by atoms with Gasteiger partial charge < -0.3 is 18.6 Å². The number of anilines is 6. The van der Waals surface area contributed by atoms with Crippen molar-refractivity contribution in [1.82, 2.24) is 0 Å². The van der Waals surface area contributed by atoms with Crippen molar-refractivity contribution >= 4 is 78.0 Å². The molecule has 0 unspecified atom stereocenters. The number of benzene rings is 9. The summed E-state index contributed by atoms with van der Waals surface area (Å²) in [7, 11) is 0. The maximum Gasteiger partial charge on any atom is 0.159 e. The predicted octanol–water partition coefficient (Wildman–Crippen LogP) is 15.8. The lowest BCUT2D eigenvalue weighted by Gasteiger charge is -2.26. The average molecular weight is 745 g/mol. The van der Waals surface area contributed by atoms with Crippen molar-refractivity contribution in [3.8, 4) is 22.3 Å². The van der Waals surface area contributed by atoms with Crippen molar-refractivity contribution in [3.63, 3.8) is 0 Å². The molecule has 11 rings (SSSR count). The van der Waals surface area contributed by atoms with Crippen LogP contribution in [0.15, 0.2) is 227 Å². The molecule has 0 aliphatic carbocycles. The summed E-state index contributed by atoms with van der Waals surface area (Å²) in [4.78, 5) is 4.58. The number of fused-ring (bicyclic) bond motifs is 6. The van der Waals surface area contributed by atoms with Crippen LogP contribution < -0.4 is 9.80 Å². The van der Waals surface area contributed by atoms with Crippen LogP contribution in [-0.4, -0.2) is 0 Å². The van der Waals surface area contributed by atoms with Gasteiger partial charge in [0.2, 0.25) is 0 Å². The molecule has 9 aromatic carbocycles. The van der Waals surface area contributed by atoms with E-state index in [4.69, 9.17) is 8.83 Å². The number of rotatable bonds is 8. The number of para-hydroxylation sites is 5. The van der Waals surface area contributed by atoms with Gasteiger partial charge in [-0.2, -0.15) is 0 Å². The third kappa shape index (κ3) is 5.87. The lowest BCUT2D eigenvalue weighted by atomic mass is 10.0. The Balaban J connectivity index is 0.967. The topological polar surface area (TPSA) is 32.8 Å². The molecule has 274 valence electrons. The zero-order chi connectivity index (χ0) is 38.4. The lowest BCUT2D eigenvalue weighted by Crippen LogP contribution is -2.10. The van der Waals surface area contributed by atoms with Gasteiger partial charge in [0.25, 0.3) is 0 Å². The van der Waals surface area contributed by atoms with E-state index in [9.17, 15) is 0 Å². The molecule has 4 heteroatoms. The Bertz CT molecular complexity index is 3160. The van der Waals surface area contributed by atoms with E-state index in [0.29, 0.717) is 0 Å². The summed E-state index contributed by atoms with van der Waals surface area (Å²) in [5, 5.41) is 4.44. The molecule has 11 aromatic rings. The molecule has 0 amide bonds. The summed E-state index contributed by atoms with van der Waals surface area (Å²) < 4.78 is 12.7. The Morgan fingerprint density at radius 3 is 1.26 bits per heavy atom. The fourth-order valence-corrected chi connectivity index (χ4v) is 8.25. The van der Waals surface area contributed by atoms with Gasteiger partial charge in [-0.1, -0.05) is 127 Å². The first-order valence-electron chi connectivity index (χ1n) is 19.6. The van der Waals surface area contributed by atoms with Crippen LogP contribution in [0.3, 0.4) is 0 Å². The monoisotopic (exact) mass is 744 g/mol. The normalized spacial score (nSPS) is 11.4. The Hall–Kier alpha value is -7.82. The maximum absolute atomic E-state index is 6.60. The molecule has 0 N–H and O–H groups in total. The highest BCUT2D eigenvalue weighted by molar-refractivity contribution is 6.10. The predicted molar refractivity (Wildman–Crippen MR) is 241 cm³/mol. The van der Waals surface area contributed by atoms with Gasteiger partial charge in [-0.05, 0) is 113 Å². The van der Waals surface area contributed by atoms with Crippen molar-refractivity contribution in [3.05, 3.63) is 218 Å². The Morgan fingerprint density at radius 1 is 0.259 bits per heavy atom. The molecule has 0 bridgehead atoms. The van der Waals surface area contributed by atoms with Gasteiger partial charge in [0.1, 0.15) is 16.7 Å². The van der Waals surface area contributed by atoms with E-state index in [0.717, 1.165) is 100 Å². The molecule has 0 fully saturated rings. The highest BCUT2D eigenvalue weighted by Crippen LogP contribution is 2.43. The second-order valence-electron chi connectivity index (χ2n) is 14.5. The van der Waals surface area contributed by atoms with Gasteiger partial charge in [-0.25, -0.2) is 0 Å². The summed E-state index contributed by atoms with van der Waals surface area (Å²) in [6, 6.07) is 76.8. The fourth-order valence-electron chi connectivity index (χ4n) is 8.25. The van der Waals surface area contributed by atoms with Crippen LogP contribution >= 0.6 is 0 Å². The van der Waals surface area contributed by atoms with Crippen LogP contribution in [0.5, 0.6) is 0 Å². The number of furan rings is 2. The smallest absolute Gasteiger partial charge is 0.159 e. The number of hydrogen-bond donors (Lipinski definition) is 0. The van der Waals surface area contributed by atoms with Crippen LogP contribution in [0.25, 0.3) is 66.1 Å². The first kappa shape index (κ1) is 33.5. The third-order valence-corrected chi connectivity index (χ3v) is 11.1. The second-order valence-corrected chi connectivity index (χ2v) is 14.5. The maximum atomic E-state index is 6.60. The van der Waals surface area contributed by atoms with E-state index in [2.05, 4.69) is 204 Å². The van der Waals surface area contributed by atoms with Gasteiger partial charge in [0.05, 0.1) is 5.69 Å². The van der Waals surface area contributed by atoms with Gasteiger partial charge in [0, 0.05) is 50.0 Å². The SMILES string of the molecule is c1ccc(N(c2ccccc2)c2ccc(-c3ccc(N(c4ccc(-c5ccc6oc7ccccc7c6c5)cc4)c4cccc5c4oc4ccccc45)cc3)cc2)cc1. The van der Waals surface area contributed by atoms with Crippen LogP contribution in [0.2, 0.25) is 0 Å². The minimum Gasteiger partial charge on any atom is -0.456 e. The standard InChI is InChI=1S/C54H36N2O2/c1-3-12-41(13-4-1)55(42-14-5-2-6-15-42)43-29-22-37(23-30-43)38-24-31-44(32-25-38)56(50-19-11-18-48-46-16-7-10-21-52(46)58-54(48)50)45-33-26-39(27-34-45)40-28-35-53-49(36-40)47-17-8-9-20-51(47)57-53/h1-36H. The van der Waals surface area contributed by atoms with E-state index >= 15 is 0 Å². The summed E-state index contributed by atoms with van der Waals surface area (Å²) in [5.41, 5.74) is 14.5. The van der Waals surface area contributed by atoms with E-state index < -0.39 is 0 Å². The molecule has 4 nitrogen and oxygen atoms in total. The molecule has 0 atom stereocenters. The fraction of sp³-hybridized carbons (Fsp3) is 0. The quantitative estimate of drug-likeness (QED) is 0.155. The summed E-state index contributed by atoms with van der Waals surface area (Å²) in [6.45, 7) is 0. The first-order valence-corrected chi connectivity index (χ1v) is 19.6. The van der Waals surface area contributed by atoms with Gasteiger partial charge >= 0.3 is 0 Å². The van der Waals surface area contributed by atoms with Crippen molar-refractivity contribution in [2.24, 2.45) is 0 Å². The number of nitrogens with zero attached hydrogens (tertiary/aromatic N) is 2. The van der Waals surface area contributed by atoms with Crippen molar-refractivity contribution in [2.75, 3.05) is 9.80 Å². The largest absolute Gasteiger partial charge is 0.456 e. The molecule has 0 saturated carbocycles. The van der Waals surface area contributed by atoms with Crippen LogP contribution in [0.1, 0.15) is 0 Å². The molecule has 0 radical (unpaired) electrons. The minimum absolute atomic E-state index is 0.853. The second kappa shape index (κ2) is 14.0. The van der Waals surface area contributed by atoms with Crippen molar-refractivity contribution in [2.45, 2.75) is 0 Å². The van der Waals surface area contributed by atoms with E-state index in [1.54, 1.807) is 0 Å². The van der Waals surface area contributed by atoms with Gasteiger partial charge in [-0.3, -0.25) is 0 Å². The minimum atomic E-state index is 0.853. The Labute approximate surface area is 336 Å². The van der Waals surface area contributed by atoms with Crippen LogP contribution in [0, 0.1) is 0 Å². The molecule has 0 aliphatic rings. The van der Waals surface area contributed by atoms with Gasteiger partial charge in [-0.15, -0.1) is 0 Å². The van der Waals surface area contributed by atoms with Crippen LogP contribution in [-0.2, 0) is 0 Å². The van der Waals surface area contributed by atoms with E-state index in [1.807, 2.05) is 24.3 Å². The molecule has 0 aliphatic heterocycles. The molecule has 0 spiro atoms. The number of hydrogen-bond acceptors (Lipinski definition) is 4. The van der Waals surface area contributed by atoms with Crippen molar-refractivity contribution < 1.29 is 8.83 Å². The summed E-state index contributed by atoms with van der Waals surface area (Å²) in [6.07, 6.45) is 0. The van der Waals surface area contributed by atoms with E-state index in [-0.39, 0.29) is 0 Å². The highest BCUT2D eigenvalue weighted by atomic mass is 16.3. The van der Waals surface area contributed by atoms with Crippen molar-refractivity contribution in [1.29, 1.82) is 0 Å². The molecule has 0 saturated heterocycles. The molecule has 2 heterocycles. The molecule has 58 heavy (non-hydrogen) atoms. The third-order valence-electron chi connectivity index (χ3n) is 11.1. The average Bonchev–Trinajstić information content (AvgIpc) is 3.87. The first-order chi connectivity index (χ1) is 28.7. The highest BCUT2D eigenvalue weighted by Gasteiger charge is 2.20. The summed E-state index contributed by atoms with van der Waals surface area (Å²) in [5.74, 6) is 0. The van der Waals surface area contributed by atoms with E-state index in [1.165, 1.54) is 0 Å². The lowest BCUT2D eigenvalue weighted by molar-refractivity contribution is 0.668. The Kier molecular flexibility index (Phi) is 8.11.